The fraction of sp³-hybridized carbons (Fsp3) is 0.188. The van der Waals surface area contributed by atoms with Gasteiger partial charge in [-0.1, -0.05) is 18.2 Å². The van der Waals surface area contributed by atoms with Crippen molar-refractivity contribution in [3.63, 3.8) is 0 Å². The molecule has 2 aromatic heterocycles. The van der Waals surface area contributed by atoms with Crippen molar-refractivity contribution in [3.8, 4) is 10.8 Å². The van der Waals surface area contributed by atoms with Crippen LogP contribution in [0.25, 0.3) is 10.8 Å². The van der Waals surface area contributed by atoms with Gasteiger partial charge in [0.1, 0.15) is 6.42 Å². The lowest BCUT2D eigenvalue weighted by molar-refractivity contribution is -0.120. The first-order chi connectivity index (χ1) is 11.2. The van der Waals surface area contributed by atoms with E-state index in [1.54, 1.807) is 11.8 Å². The number of nitrogens with zero attached hydrogens (tertiary/aromatic N) is 2. The second-order valence-electron chi connectivity index (χ2n) is 4.78. The number of nitrogens with one attached hydrogen (secondary N) is 1. The van der Waals surface area contributed by atoms with Crippen molar-refractivity contribution < 1.29 is 9.21 Å². The van der Waals surface area contributed by atoms with E-state index in [0.717, 1.165) is 10.4 Å². The van der Waals surface area contributed by atoms with Gasteiger partial charge in [0, 0.05) is 11.4 Å². The molecule has 1 aromatic carbocycles. The van der Waals surface area contributed by atoms with Gasteiger partial charge in [-0.3, -0.25) is 4.79 Å². The quantitative estimate of drug-likeness (QED) is 0.694. The Kier molecular flexibility index (Phi) is 5.09. The molecule has 0 bridgehead atoms. The minimum absolute atomic E-state index is 0.0846. The number of rotatable bonds is 6. The Hall–Kier alpha value is -2.12. The SMILES string of the molecule is CSc1ccc(CNC(=O)Cc2nnc(-c3cccs3)o2)cc1. The molecule has 0 fully saturated rings. The number of carbonyl (C=O) groups is 1. The number of benzene rings is 1. The van der Waals surface area contributed by atoms with E-state index < -0.39 is 0 Å². The summed E-state index contributed by atoms with van der Waals surface area (Å²) in [5.74, 6) is 0.638. The lowest BCUT2D eigenvalue weighted by atomic mass is 10.2. The maximum Gasteiger partial charge on any atom is 0.257 e. The van der Waals surface area contributed by atoms with Crippen LogP contribution in [-0.4, -0.2) is 22.4 Å². The van der Waals surface area contributed by atoms with E-state index in [0.29, 0.717) is 18.3 Å². The largest absolute Gasteiger partial charge is 0.419 e. The summed E-state index contributed by atoms with van der Waals surface area (Å²) >= 11 is 3.21. The van der Waals surface area contributed by atoms with Crippen molar-refractivity contribution >= 4 is 29.0 Å². The van der Waals surface area contributed by atoms with Crippen LogP contribution in [0.2, 0.25) is 0 Å². The highest BCUT2D eigenvalue weighted by molar-refractivity contribution is 7.98. The van der Waals surface area contributed by atoms with Gasteiger partial charge in [0.15, 0.2) is 0 Å². The molecule has 0 aliphatic carbocycles. The molecule has 23 heavy (non-hydrogen) atoms. The Morgan fingerprint density at radius 3 is 2.78 bits per heavy atom. The molecule has 0 radical (unpaired) electrons. The van der Waals surface area contributed by atoms with Gasteiger partial charge in [0.2, 0.25) is 11.8 Å². The molecule has 0 aliphatic rings. The van der Waals surface area contributed by atoms with Gasteiger partial charge >= 0.3 is 0 Å². The fourth-order valence-electron chi connectivity index (χ4n) is 1.97. The lowest BCUT2D eigenvalue weighted by Crippen LogP contribution is -2.24. The zero-order valence-corrected chi connectivity index (χ0v) is 14.1. The van der Waals surface area contributed by atoms with Gasteiger partial charge in [-0.2, -0.15) is 0 Å². The smallest absolute Gasteiger partial charge is 0.257 e. The summed E-state index contributed by atoms with van der Waals surface area (Å²) in [6.07, 6.45) is 2.12. The third kappa shape index (κ3) is 4.20. The molecule has 1 amide bonds. The third-order valence-corrected chi connectivity index (χ3v) is 4.76. The van der Waals surface area contributed by atoms with Crippen molar-refractivity contribution in [2.24, 2.45) is 0 Å². The molecule has 5 nitrogen and oxygen atoms in total. The Morgan fingerprint density at radius 1 is 1.26 bits per heavy atom. The number of thioether (sulfide) groups is 1. The fourth-order valence-corrected chi connectivity index (χ4v) is 3.02. The van der Waals surface area contributed by atoms with Gasteiger partial charge < -0.3 is 9.73 Å². The second kappa shape index (κ2) is 7.43. The topological polar surface area (TPSA) is 68.0 Å². The minimum Gasteiger partial charge on any atom is -0.419 e. The molecule has 0 spiro atoms. The van der Waals surface area contributed by atoms with Crippen molar-refractivity contribution in [1.29, 1.82) is 0 Å². The third-order valence-electron chi connectivity index (χ3n) is 3.16. The van der Waals surface area contributed by atoms with Crippen molar-refractivity contribution in [2.45, 2.75) is 17.9 Å². The first-order valence-corrected chi connectivity index (χ1v) is 9.11. The maximum atomic E-state index is 12.0. The molecule has 2 heterocycles. The summed E-state index contributed by atoms with van der Waals surface area (Å²) in [5.41, 5.74) is 1.06. The van der Waals surface area contributed by atoms with Crippen LogP contribution in [0.4, 0.5) is 0 Å². The molecule has 0 atom stereocenters. The first kappa shape index (κ1) is 15.8. The van der Waals surface area contributed by atoms with Crippen LogP contribution in [-0.2, 0) is 17.8 Å². The van der Waals surface area contributed by atoms with Gasteiger partial charge in [-0.15, -0.1) is 33.3 Å². The molecule has 3 rings (SSSR count). The van der Waals surface area contributed by atoms with E-state index >= 15 is 0 Å². The Balaban J connectivity index is 1.53. The predicted octanol–water partition coefficient (Wildman–Crippen LogP) is 3.38. The monoisotopic (exact) mass is 345 g/mol. The maximum absolute atomic E-state index is 12.0. The summed E-state index contributed by atoms with van der Waals surface area (Å²) in [6, 6.07) is 11.9. The molecule has 7 heteroatoms. The summed E-state index contributed by atoms with van der Waals surface area (Å²) < 4.78 is 5.51. The molecular weight excluding hydrogens is 330 g/mol. The molecule has 3 aromatic rings. The van der Waals surface area contributed by atoms with Crippen LogP contribution in [0.15, 0.2) is 51.1 Å². The zero-order valence-electron chi connectivity index (χ0n) is 12.5. The normalized spacial score (nSPS) is 10.7. The Labute approximate surface area is 142 Å². The number of hydrogen-bond acceptors (Lipinski definition) is 6. The standard InChI is InChI=1S/C16H15N3O2S2/c1-22-12-6-4-11(5-7-12)10-17-14(20)9-15-18-19-16(21-15)13-3-2-8-23-13/h2-8H,9-10H2,1H3,(H,17,20). The summed E-state index contributed by atoms with van der Waals surface area (Å²) in [7, 11) is 0. The van der Waals surface area contributed by atoms with Crippen LogP contribution in [0.5, 0.6) is 0 Å². The van der Waals surface area contributed by atoms with E-state index in [-0.39, 0.29) is 12.3 Å². The number of thiophene rings is 1. The van der Waals surface area contributed by atoms with E-state index in [4.69, 9.17) is 4.42 Å². The number of aromatic nitrogens is 2. The molecule has 0 unspecified atom stereocenters. The molecule has 1 N–H and O–H groups in total. The average Bonchev–Trinajstić information content (AvgIpc) is 3.24. The van der Waals surface area contributed by atoms with Crippen LogP contribution < -0.4 is 5.32 Å². The van der Waals surface area contributed by atoms with E-state index in [1.165, 1.54) is 16.2 Å². The zero-order chi connectivity index (χ0) is 16.1. The minimum atomic E-state index is -0.139. The first-order valence-electron chi connectivity index (χ1n) is 7.00. The molecule has 118 valence electrons. The summed E-state index contributed by atoms with van der Waals surface area (Å²) in [5, 5.41) is 12.7. The van der Waals surface area contributed by atoms with Crippen LogP contribution in [0.1, 0.15) is 11.5 Å². The highest BCUT2D eigenvalue weighted by Crippen LogP contribution is 2.23. The van der Waals surface area contributed by atoms with E-state index in [2.05, 4.69) is 15.5 Å². The highest BCUT2D eigenvalue weighted by Gasteiger charge is 2.12. The Morgan fingerprint density at radius 2 is 2.09 bits per heavy atom. The van der Waals surface area contributed by atoms with Gasteiger partial charge in [0.25, 0.3) is 5.89 Å². The van der Waals surface area contributed by atoms with E-state index in [9.17, 15) is 4.79 Å². The number of carbonyl (C=O) groups excluding carboxylic acids is 1. The molecule has 0 saturated carbocycles. The van der Waals surface area contributed by atoms with Crippen molar-refractivity contribution in [1.82, 2.24) is 15.5 Å². The van der Waals surface area contributed by atoms with Crippen molar-refractivity contribution in [3.05, 3.63) is 53.2 Å². The summed E-state index contributed by atoms with van der Waals surface area (Å²) in [6.45, 7) is 0.486. The second-order valence-corrected chi connectivity index (χ2v) is 6.61. The van der Waals surface area contributed by atoms with Gasteiger partial charge in [-0.05, 0) is 35.4 Å². The molecule has 0 aliphatic heterocycles. The van der Waals surface area contributed by atoms with Gasteiger partial charge in [-0.25, -0.2) is 0 Å². The summed E-state index contributed by atoms with van der Waals surface area (Å²) in [4.78, 5) is 14.1. The molecular formula is C16H15N3O2S2. The van der Waals surface area contributed by atoms with Crippen molar-refractivity contribution in [2.75, 3.05) is 6.26 Å². The molecule has 0 saturated heterocycles. The average molecular weight is 345 g/mol. The van der Waals surface area contributed by atoms with Gasteiger partial charge in [0.05, 0.1) is 4.88 Å². The van der Waals surface area contributed by atoms with Crippen LogP contribution >= 0.6 is 23.1 Å². The van der Waals surface area contributed by atoms with Crippen LogP contribution in [0, 0.1) is 0 Å². The number of amides is 1. The highest BCUT2D eigenvalue weighted by atomic mass is 32.2. The lowest BCUT2D eigenvalue weighted by Gasteiger charge is -2.04. The predicted molar refractivity (Wildman–Crippen MR) is 91.4 cm³/mol. The number of hydrogen-bond donors (Lipinski definition) is 1. The van der Waals surface area contributed by atoms with Crippen LogP contribution in [0.3, 0.4) is 0 Å². The Bertz CT molecular complexity index is 767. The van der Waals surface area contributed by atoms with E-state index in [1.807, 2.05) is 48.0 Å².